The summed E-state index contributed by atoms with van der Waals surface area (Å²) in [5, 5.41) is 7.63. The monoisotopic (exact) mass is 348 g/mol. The molecule has 0 amide bonds. The summed E-state index contributed by atoms with van der Waals surface area (Å²) in [6.07, 6.45) is 5.13. The highest BCUT2D eigenvalue weighted by atomic mass is 16.5. The minimum Gasteiger partial charge on any atom is -0.497 e. The Balaban J connectivity index is 1.68. The first-order valence-electron chi connectivity index (χ1n) is 7.90. The standard InChI is InChI=1S/C18H16N6O2/c1-25-14-6-4-13(5-7-14)21-18-22-17-16(19-9-10-24(17)23-18)12-3-8-15(26-2)20-11-12/h3-11H,1-2H3,(H,21,23). The van der Waals surface area contributed by atoms with Crippen LogP contribution in [0, 0.1) is 0 Å². The van der Waals surface area contributed by atoms with Crippen LogP contribution in [-0.2, 0) is 0 Å². The molecule has 1 aromatic carbocycles. The number of anilines is 2. The lowest BCUT2D eigenvalue weighted by Crippen LogP contribution is -1.94. The lowest BCUT2D eigenvalue weighted by molar-refractivity contribution is 0.398. The molecule has 0 atom stereocenters. The van der Waals surface area contributed by atoms with Gasteiger partial charge in [-0.1, -0.05) is 0 Å². The summed E-state index contributed by atoms with van der Waals surface area (Å²) in [5.41, 5.74) is 3.02. The Hall–Kier alpha value is -3.68. The Bertz CT molecular complexity index is 1030. The quantitative estimate of drug-likeness (QED) is 0.593. The number of hydrogen-bond acceptors (Lipinski definition) is 7. The van der Waals surface area contributed by atoms with Crippen molar-refractivity contribution >= 4 is 17.3 Å². The fraction of sp³-hybridized carbons (Fsp3) is 0.111. The van der Waals surface area contributed by atoms with Crippen LogP contribution in [0.1, 0.15) is 0 Å². The number of fused-ring (bicyclic) bond motifs is 1. The van der Waals surface area contributed by atoms with Gasteiger partial charge in [0.1, 0.15) is 11.4 Å². The summed E-state index contributed by atoms with van der Waals surface area (Å²) in [6, 6.07) is 11.2. The Kier molecular flexibility index (Phi) is 4.06. The summed E-state index contributed by atoms with van der Waals surface area (Å²) in [4.78, 5) is 13.2. The molecule has 8 nitrogen and oxygen atoms in total. The molecule has 0 unspecified atom stereocenters. The summed E-state index contributed by atoms with van der Waals surface area (Å²) in [7, 11) is 3.21. The van der Waals surface area contributed by atoms with Crippen molar-refractivity contribution in [2.24, 2.45) is 0 Å². The van der Waals surface area contributed by atoms with Gasteiger partial charge in [0, 0.05) is 35.9 Å². The van der Waals surface area contributed by atoms with Gasteiger partial charge in [-0.2, -0.15) is 4.98 Å². The van der Waals surface area contributed by atoms with Crippen LogP contribution in [0.2, 0.25) is 0 Å². The van der Waals surface area contributed by atoms with Crippen molar-refractivity contribution in [2.75, 3.05) is 19.5 Å². The van der Waals surface area contributed by atoms with Crippen molar-refractivity contribution in [1.29, 1.82) is 0 Å². The molecule has 0 saturated heterocycles. The molecule has 1 N–H and O–H groups in total. The van der Waals surface area contributed by atoms with Crippen molar-refractivity contribution in [3.63, 3.8) is 0 Å². The summed E-state index contributed by atoms with van der Waals surface area (Å²) in [5.74, 6) is 1.81. The van der Waals surface area contributed by atoms with Crippen molar-refractivity contribution < 1.29 is 9.47 Å². The van der Waals surface area contributed by atoms with Crippen LogP contribution in [0.15, 0.2) is 55.0 Å². The number of pyridine rings is 1. The number of methoxy groups -OCH3 is 2. The van der Waals surface area contributed by atoms with Crippen molar-refractivity contribution in [3.05, 3.63) is 55.0 Å². The molecule has 3 aromatic heterocycles. The summed E-state index contributed by atoms with van der Waals surface area (Å²) < 4.78 is 11.9. The van der Waals surface area contributed by atoms with Crippen LogP contribution in [0.25, 0.3) is 16.9 Å². The lowest BCUT2D eigenvalue weighted by atomic mass is 10.2. The average molecular weight is 348 g/mol. The second kappa shape index (κ2) is 6.67. The van der Waals surface area contributed by atoms with Crippen LogP contribution < -0.4 is 14.8 Å². The van der Waals surface area contributed by atoms with Gasteiger partial charge >= 0.3 is 0 Å². The Labute approximate surface area is 149 Å². The topological polar surface area (TPSA) is 86.5 Å². The third-order valence-electron chi connectivity index (χ3n) is 3.82. The molecule has 0 saturated carbocycles. The normalized spacial score (nSPS) is 10.7. The van der Waals surface area contributed by atoms with Crippen molar-refractivity contribution in [1.82, 2.24) is 24.6 Å². The van der Waals surface area contributed by atoms with Crippen LogP contribution in [0.3, 0.4) is 0 Å². The first-order chi connectivity index (χ1) is 12.8. The van der Waals surface area contributed by atoms with E-state index in [-0.39, 0.29) is 0 Å². The third kappa shape index (κ3) is 3.00. The molecular formula is C18H16N6O2. The molecule has 0 fully saturated rings. The van der Waals surface area contributed by atoms with E-state index >= 15 is 0 Å². The smallest absolute Gasteiger partial charge is 0.247 e. The van der Waals surface area contributed by atoms with Gasteiger partial charge in [-0.25, -0.2) is 9.50 Å². The third-order valence-corrected chi connectivity index (χ3v) is 3.82. The van der Waals surface area contributed by atoms with E-state index in [0.717, 1.165) is 17.0 Å². The van der Waals surface area contributed by atoms with E-state index < -0.39 is 0 Å². The molecule has 0 spiro atoms. The van der Waals surface area contributed by atoms with Gasteiger partial charge in [0.05, 0.1) is 14.2 Å². The maximum atomic E-state index is 5.16. The molecule has 0 aliphatic rings. The minimum absolute atomic E-state index is 0.478. The van der Waals surface area contributed by atoms with E-state index in [9.17, 15) is 0 Å². The maximum Gasteiger partial charge on any atom is 0.247 e. The Morgan fingerprint density at radius 3 is 2.50 bits per heavy atom. The predicted molar refractivity (Wildman–Crippen MR) is 96.8 cm³/mol. The number of ether oxygens (including phenoxy) is 2. The van der Waals surface area contributed by atoms with Gasteiger partial charge in [-0.3, -0.25) is 4.98 Å². The molecule has 0 bridgehead atoms. The number of rotatable bonds is 5. The number of benzene rings is 1. The van der Waals surface area contributed by atoms with Crippen molar-refractivity contribution in [2.45, 2.75) is 0 Å². The van der Waals surface area contributed by atoms with Crippen LogP contribution in [-0.4, -0.2) is 38.8 Å². The first kappa shape index (κ1) is 15.8. The van der Waals surface area contributed by atoms with Crippen LogP contribution in [0.5, 0.6) is 11.6 Å². The second-order valence-electron chi connectivity index (χ2n) is 5.42. The molecule has 0 aliphatic carbocycles. The number of aromatic nitrogens is 5. The average Bonchev–Trinajstić information content (AvgIpc) is 3.11. The highest BCUT2D eigenvalue weighted by Gasteiger charge is 2.12. The van der Waals surface area contributed by atoms with Gasteiger partial charge in [0.15, 0.2) is 5.65 Å². The second-order valence-corrected chi connectivity index (χ2v) is 5.42. The molecule has 0 aliphatic heterocycles. The van der Waals surface area contributed by atoms with Gasteiger partial charge < -0.3 is 14.8 Å². The van der Waals surface area contributed by atoms with E-state index in [0.29, 0.717) is 23.2 Å². The molecule has 4 rings (SSSR count). The summed E-state index contributed by atoms with van der Waals surface area (Å²) in [6.45, 7) is 0. The molecule has 8 heteroatoms. The Morgan fingerprint density at radius 1 is 0.962 bits per heavy atom. The Morgan fingerprint density at radius 2 is 1.81 bits per heavy atom. The lowest BCUT2D eigenvalue weighted by Gasteiger charge is -2.03. The zero-order chi connectivity index (χ0) is 17.9. The maximum absolute atomic E-state index is 5.16. The van der Waals surface area contributed by atoms with Gasteiger partial charge in [0.2, 0.25) is 11.8 Å². The molecule has 4 aromatic rings. The number of nitrogens with zero attached hydrogens (tertiary/aromatic N) is 5. The molecule has 26 heavy (non-hydrogen) atoms. The largest absolute Gasteiger partial charge is 0.497 e. The van der Waals surface area contributed by atoms with Crippen molar-refractivity contribution in [3.8, 4) is 22.9 Å². The van der Waals surface area contributed by atoms with E-state index in [1.165, 1.54) is 0 Å². The zero-order valence-corrected chi connectivity index (χ0v) is 14.2. The molecule has 3 heterocycles. The fourth-order valence-electron chi connectivity index (χ4n) is 2.52. The molecule has 0 radical (unpaired) electrons. The fourth-order valence-corrected chi connectivity index (χ4v) is 2.52. The predicted octanol–water partition coefficient (Wildman–Crippen LogP) is 2.95. The molecule has 130 valence electrons. The van der Waals surface area contributed by atoms with Crippen LogP contribution in [0.4, 0.5) is 11.6 Å². The molecular weight excluding hydrogens is 332 g/mol. The highest BCUT2D eigenvalue weighted by Crippen LogP contribution is 2.24. The number of nitrogens with one attached hydrogen (secondary N) is 1. The summed E-state index contributed by atoms with van der Waals surface area (Å²) >= 11 is 0. The minimum atomic E-state index is 0.478. The SMILES string of the molecule is COc1ccc(Nc2nc3c(-c4ccc(OC)nc4)nccn3n2)cc1. The van der Waals surface area contributed by atoms with Crippen LogP contribution >= 0.6 is 0 Å². The zero-order valence-electron chi connectivity index (χ0n) is 14.2. The first-order valence-corrected chi connectivity index (χ1v) is 7.90. The van der Waals surface area contributed by atoms with E-state index in [4.69, 9.17) is 9.47 Å². The van der Waals surface area contributed by atoms with Gasteiger partial charge in [-0.15, -0.1) is 5.10 Å². The van der Waals surface area contributed by atoms with E-state index in [2.05, 4.69) is 25.4 Å². The van der Waals surface area contributed by atoms with E-state index in [1.54, 1.807) is 43.4 Å². The van der Waals surface area contributed by atoms with E-state index in [1.807, 2.05) is 30.3 Å². The van der Waals surface area contributed by atoms with Gasteiger partial charge in [-0.05, 0) is 30.3 Å². The number of hydrogen-bond donors (Lipinski definition) is 1. The highest BCUT2D eigenvalue weighted by molar-refractivity contribution is 5.74. The van der Waals surface area contributed by atoms with Gasteiger partial charge in [0.25, 0.3) is 0 Å².